The van der Waals surface area contributed by atoms with Crippen molar-refractivity contribution in [3.05, 3.63) is 23.8 Å². The van der Waals surface area contributed by atoms with E-state index in [4.69, 9.17) is 10.5 Å². The first-order valence-electron chi connectivity index (χ1n) is 5.68. The molecule has 0 saturated carbocycles. The van der Waals surface area contributed by atoms with E-state index in [-0.39, 0.29) is 17.5 Å². The lowest BCUT2D eigenvalue weighted by molar-refractivity contribution is -0.137. The Balaban J connectivity index is 2.16. The normalized spacial score (nSPS) is 21.2. The van der Waals surface area contributed by atoms with Crippen LogP contribution >= 0.6 is 0 Å². The number of ether oxygens (including phenoxy) is 1. The summed E-state index contributed by atoms with van der Waals surface area (Å²) in [6.45, 7) is 1.58. The third kappa shape index (κ3) is 2.87. The Kier molecular flexibility index (Phi) is 3.38. The quantitative estimate of drug-likeness (QED) is 0.830. The van der Waals surface area contributed by atoms with Crippen molar-refractivity contribution >= 4 is 5.69 Å². The summed E-state index contributed by atoms with van der Waals surface area (Å²) >= 11 is 0. The molecule has 0 aromatic heterocycles. The van der Waals surface area contributed by atoms with Gasteiger partial charge in [0.15, 0.2) is 0 Å². The molecular formula is C12H15F3N2O. The van der Waals surface area contributed by atoms with Gasteiger partial charge >= 0.3 is 6.18 Å². The Labute approximate surface area is 103 Å². The highest BCUT2D eigenvalue weighted by Crippen LogP contribution is 2.34. The van der Waals surface area contributed by atoms with Crippen molar-refractivity contribution in [1.29, 1.82) is 0 Å². The van der Waals surface area contributed by atoms with Gasteiger partial charge in [-0.25, -0.2) is 0 Å². The van der Waals surface area contributed by atoms with Crippen LogP contribution in [-0.2, 0) is 6.18 Å². The fourth-order valence-corrected chi connectivity index (χ4v) is 1.98. The first kappa shape index (κ1) is 13.0. The van der Waals surface area contributed by atoms with Gasteiger partial charge in [-0.05, 0) is 31.7 Å². The molecule has 2 rings (SSSR count). The van der Waals surface area contributed by atoms with E-state index in [1.807, 2.05) is 7.05 Å². The molecule has 0 unspecified atom stereocenters. The minimum atomic E-state index is -4.38. The number of nitrogens with two attached hydrogens (primary N) is 1. The molecular weight excluding hydrogens is 245 g/mol. The van der Waals surface area contributed by atoms with Crippen LogP contribution in [0.5, 0.6) is 5.75 Å². The molecule has 1 aromatic carbocycles. The van der Waals surface area contributed by atoms with Gasteiger partial charge in [-0.2, -0.15) is 13.2 Å². The van der Waals surface area contributed by atoms with Crippen molar-refractivity contribution < 1.29 is 17.9 Å². The zero-order valence-electron chi connectivity index (χ0n) is 10.00. The van der Waals surface area contributed by atoms with Crippen LogP contribution < -0.4 is 10.5 Å². The molecule has 1 saturated heterocycles. The number of hydrogen-bond donors (Lipinski definition) is 1. The van der Waals surface area contributed by atoms with Crippen molar-refractivity contribution in [2.24, 2.45) is 0 Å². The maximum Gasteiger partial charge on any atom is 0.416 e. The van der Waals surface area contributed by atoms with E-state index in [1.165, 1.54) is 6.07 Å². The summed E-state index contributed by atoms with van der Waals surface area (Å²) in [6.07, 6.45) is -3.68. The van der Waals surface area contributed by atoms with Gasteiger partial charge in [0.2, 0.25) is 0 Å². The number of halogens is 3. The summed E-state index contributed by atoms with van der Waals surface area (Å²) in [5.41, 5.74) is 5.14. The Morgan fingerprint density at radius 3 is 2.67 bits per heavy atom. The van der Waals surface area contributed by atoms with Crippen LogP contribution in [0.2, 0.25) is 0 Å². The van der Waals surface area contributed by atoms with E-state index >= 15 is 0 Å². The number of rotatable bonds is 2. The van der Waals surface area contributed by atoms with Crippen LogP contribution in [0.15, 0.2) is 18.2 Å². The van der Waals surface area contributed by atoms with Crippen molar-refractivity contribution in [1.82, 2.24) is 4.90 Å². The summed E-state index contributed by atoms with van der Waals surface area (Å²) in [5, 5.41) is 0. The lowest BCUT2D eigenvalue weighted by Crippen LogP contribution is -2.22. The SMILES string of the molecule is CN1CC[C@@H](Oc2cc(C(F)(F)F)ccc2N)C1. The van der Waals surface area contributed by atoms with Gasteiger partial charge in [0, 0.05) is 13.1 Å². The van der Waals surface area contributed by atoms with Crippen LogP contribution in [-0.4, -0.2) is 31.1 Å². The number of anilines is 1. The largest absolute Gasteiger partial charge is 0.487 e. The molecule has 0 amide bonds. The van der Waals surface area contributed by atoms with Crippen LogP contribution in [0.25, 0.3) is 0 Å². The molecule has 18 heavy (non-hydrogen) atoms. The number of nitrogens with zero attached hydrogens (tertiary/aromatic N) is 1. The molecule has 1 heterocycles. The number of likely N-dealkylation sites (N-methyl/N-ethyl adjacent to an activating group) is 1. The van der Waals surface area contributed by atoms with E-state index in [0.717, 1.165) is 25.1 Å². The average molecular weight is 260 g/mol. The molecule has 0 radical (unpaired) electrons. The van der Waals surface area contributed by atoms with Crippen molar-refractivity contribution in [3.8, 4) is 5.75 Å². The van der Waals surface area contributed by atoms with Gasteiger partial charge in [-0.3, -0.25) is 0 Å². The van der Waals surface area contributed by atoms with Crippen LogP contribution in [0, 0.1) is 0 Å². The molecule has 0 bridgehead atoms. The minimum absolute atomic E-state index is 0.0965. The predicted octanol–water partition coefficient (Wildman–Crippen LogP) is 2.37. The van der Waals surface area contributed by atoms with E-state index in [2.05, 4.69) is 4.90 Å². The fourth-order valence-electron chi connectivity index (χ4n) is 1.98. The summed E-state index contributed by atoms with van der Waals surface area (Å²) in [6, 6.07) is 3.16. The lowest BCUT2D eigenvalue weighted by Gasteiger charge is -2.17. The first-order chi connectivity index (χ1) is 8.36. The smallest absolute Gasteiger partial charge is 0.416 e. The third-order valence-corrected chi connectivity index (χ3v) is 2.98. The predicted molar refractivity (Wildman–Crippen MR) is 62.4 cm³/mol. The molecule has 1 atom stereocenters. The molecule has 3 nitrogen and oxygen atoms in total. The molecule has 1 aliphatic heterocycles. The van der Waals surface area contributed by atoms with E-state index in [9.17, 15) is 13.2 Å². The Bertz CT molecular complexity index is 434. The molecule has 1 aliphatic rings. The van der Waals surface area contributed by atoms with Gasteiger partial charge in [0.05, 0.1) is 11.3 Å². The molecule has 0 spiro atoms. The van der Waals surface area contributed by atoms with E-state index in [1.54, 1.807) is 0 Å². The Morgan fingerprint density at radius 2 is 2.11 bits per heavy atom. The fraction of sp³-hybridized carbons (Fsp3) is 0.500. The van der Waals surface area contributed by atoms with Gasteiger partial charge in [-0.1, -0.05) is 0 Å². The lowest BCUT2D eigenvalue weighted by atomic mass is 10.2. The van der Waals surface area contributed by atoms with Crippen LogP contribution in [0.3, 0.4) is 0 Å². The molecule has 1 fully saturated rings. The summed E-state index contributed by atoms with van der Waals surface area (Å²) in [5.74, 6) is 0.116. The second-order valence-corrected chi connectivity index (χ2v) is 4.54. The Hall–Kier alpha value is -1.43. The zero-order chi connectivity index (χ0) is 13.3. The third-order valence-electron chi connectivity index (χ3n) is 2.98. The number of likely N-dealkylation sites (tertiary alicyclic amines) is 1. The van der Waals surface area contributed by atoms with Gasteiger partial charge < -0.3 is 15.4 Å². The van der Waals surface area contributed by atoms with E-state index < -0.39 is 11.7 Å². The molecule has 0 aliphatic carbocycles. The second kappa shape index (κ2) is 4.68. The summed E-state index contributed by atoms with van der Waals surface area (Å²) in [4.78, 5) is 2.06. The van der Waals surface area contributed by atoms with Crippen molar-refractivity contribution in [2.45, 2.75) is 18.7 Å². The summed E-state index contributed by atoms with van der Waals surface area (Å²) < 4.78 is 43.3. The molecule has 6 heteroatoms. The highest BCUT2D eigenvalue weighted by Gasteiger charge is 2.31. The molecule has 1 aromatic rings. The number of nitrogen functional groups attached to an aromatic ring is 1. The standard InChI is InChI=1S/C12H15F3N2O/c1-17-5-4-9(7-17)18-11-6-8(12(13,14)15)2-3-10(11)16/h2-3,6,9H,4-5,7,16H2,1H3/t9-/m1/s1. The van der Waals surface area contributed by atoms with Crippen LogP contribution in [0.4, 0.5) is 18.9 Å². The average Bonchev–Trinajstić information content (AvgIpc) is 2.66. The highest BCUT2D eigenvalue weighted by atomic mass is 19.4. The van der Waals surface area contributed by atoms with Crippen molar-refractivity contribution in [2.75, 3.05) is 25.9 Å². The highest BCUT2D eigenvalue weighted by molar-refractivity contribution is 5.54. The topological polar surface area (TPSA) is 38.5 Å². The number of benzene rings is 1. The van der Waals surface area contributed by atoms with Crippen molar-refractivity contribution in [3.63, 3.8) is 0 Å². The number of alkyl halides is 3. The summed E-state index contributed by atoms with van der Waals surface area (Å²) in [7, 11) is 1.94. The Morgan fingerprint density at radius 1 is 1.39 bits per heavy atom. The minimum Gasteiger partial charge on any atom is -0.487 e. The maximum atomic E-state index is 12.6. The van der Waals surface area contributed by atoms with Gasteiger partial charge in [-0.15, -0.1) is 0 Å². The van der Waals surface area contributed by atoms with E-state index in [0.29, 0.717) is 6.54 Å². The number of hydrogen-bond acceptors (Lipinski definition) is 3. The molecule has 2 N–H and O–H groups in total. The maximum absolute atomic E-state index is 12.6. The first-order valence-corrected chi connectivity index (χ1v) is 5.68. The van der Waals surface area contributed by atoms with Gasteiger partial charge in [0.1, 0.15) is 11.9 Å². The molecule has 100 valence electrons. The second-order valence-electron chi connectivity index (χ2n) is 4.54. The van der Waals surface area contributed by atoms with Crippen LogP contribution in [0.1, 0.15) is 12.0 Å². The monoisotopic (exact) mass is 260 g/mol. The zero-order valence-corrected chi connectivity index (χ0v) is 10.00. The van der Waals surface area contributed by atoms with Gasteiger partial charge in [0.25, 0.3) is 0 Å².